The molecule has 0 unspecified atom stereocenters. The molecule has 2 fully saturated rings. The SMILES string of the molecule is Cc1cc(Nc2cc(-c3cnn(C)c3)nc(N[C@@H]3C[C@H]4CCC[C@@H](C3)N4C(=O)c3ccccn3)n2)n[nH]1. The molecule has 2 bridgehead atoms. The number of amides is 1. The van der Waals surface area contributed by atoms with Crippen molar-refractivity contribution in [1.29, 1.82) is 0 Å². The number of H-pyrrole nitrogens is 1. The number of aromatic nitrogens is 7. The van der Waals surface area contributed by atoms with Crippen LogP contribution in [0.3, 0.4) is 0 Å². The van der Waals surface area contributed by atoms with E-state index in [0.717, 1.165) is 49.1 Å². The first kappa shape index (κ1) is 23.1. The van der Waals surface area contributed by atoms with Gasteiger partial charge in [0.25, 0.3) is 5.91 Å². The zero-order valence-corrected chi connectivity index (χ0v) is 20.9. The third-order valence-corrected chi connectivity index (χ3v) is 7.12. The van der Waals surface area contributed by atoms with Crippen molar-refractivity contribution in [1.82, 2.24) is 39.8 Å². The molecule has 2 aliphatic heterocycles. The average Bonchev–Trinajstić information content (AvgIpc) is 3.51. The fourth-order valence-corrected chi connectivity index (χ4v) is 5.53. The molecule has 0 radical (unpaired) electrons. The van der Waals surface area contributed by atoms with E-state index in [2.05, 4.69) is 35.8 Å². The smallest absolute Gasteiger partial charge is 0.272 e. The molecule has 190 valence electrons. The predicted octanol–water partition coefficient (Wildman–Crippen LogP) is 3.69. The maximum absolute atomic E-state index is 13.3. The molecule has 2 saturated heterocycles. The highest BCUT2D eigenvalue weighted by molar-refractivity contribution is 5.92. The van der Waals surface area contributed by atoms with Crippen LogP contribution in [0.5, 0.6) is 0 Å². The van der Waals surface area contributed by atoms with Crippen LogP contribution in [-0.2, 0) is 7.05 Å². The number of nitrogens with one attached hydrogen (secondary N) is 3. The maximum Gasteiger partial charge on any atom is 0.272 e. The first-order valence-corrected chi connectivity index (χ1v) is 12.7. The summed E-state index contributed by atoms with van der Waals surface area (Å²) in [5.41, 5.74) is 3.15. The second-order valence-electron chi connectivity index (χ2n) is 9.90. The Hall–Kier alpha value is -4.28. The van der Waals surface area contributed by atoms with Crippen LogP contribution in [0.15, 0.2) is 48.9 Å². The van der Waals surface area contributed by atoms with Crippen molar-refractivity contribution in [2.45, 2.75) is 57.2 Å². The van der Waals surface area contributed by atoms with Crippen LogP contribution in [0, 0.1) is 6.92 Å². The van der Waals surface area contributed by atoms with E-state index in [0.29, 0.717) is 23.3 Å². The van der Waals surface area contributed by atoms with Gasteiger partial charge in [-0.25, -0.2) is 4.98 Å². The van der Waals surface area contributed by atoms with Gasteiger partial charge in [0, 0.05) is 61.0 Å². The van der Waals surface area contributed by atoms with Crippen molar-refractivity contribution < 1.29 is 4.79 Å². The molecule has 6 rings (SSSR count). The lowest BCUT2D eigenvalue weighted by atomic mass is 9.81. The van der Waals surface area contributed by atoms with Crippen LogP contribution in [-0.4, -0.2) is 63.9 Å². The van der Waals surface area contributed by atoms with E-state index in [4.69, 9.17) is 9.97 Å². The van der Waals surface area contributed by atoms with E-state index in [1.165, 1.54) is 0 Å². The van der Waals surface area contributed by atoms with Gasteiger partial charge < -0.3 is 15.5 Å². The lowest BCUT2D eigenvalue weighted by molar-refractivity contribution is 0.0253. The highest BCUT2D eigenvalue weighted by atomic mass is 16.2. The van der Waals surface area contributed by atoms with E-state index >= 15 is 0 Å². The lowest BCUT2D eigenvalue weighted by Crippen LogP contribution is -2.57. The van der Waals surface area contributed by atoms with Crippen molar-refractivity contribution in [2.24, 2.45) is 7.05 Å². The van der Waals surface area contributed by atoms with Crippen molar-refractivity contribution in [3.63, 3.8) is 0 Å². The quantitative estimate of drug-likeness (QED) is 0.367. The van der Waals surface area contributed by atoms with E-state index in [9.17, 15) is 4.79 Å². The van der Waals surface area contributed by atoms with Gasteiger partial charge in [0.1, 0.15) is 11.5 Å². The van der Waals surface area contributed by atoms with E-state index < -0.39 is 0 Å². The first-order chi connectivity index (χ1) is 18.0. The van der Waals surface area contributed by atoms with Crippen molar-refractivity contribution >= 4 is 23.5 Å². The van der Waals surface area contributed by atoms with Crippen LogP contribution in [0.1, 0.15) is 48.3 Å². The van der Waals surface area contributed by atoms with Crippen molar-refractivity contribution in [3.05, 3.63) is 60.3 Å². The van der Waals surface area contributed by atoms with Gasteiger partial charge in [-0.05, 0) is 51.2 Å². The molecule has 11 heteroatoms. The summed E-state index contributed by atoms with van der Waals surface area (Å²) >= 11 is 0. The summed E-state index contributed by atoms with van der Waals surface area (Å²) in [4.78, 5) is 29.2. The third-order valence-electron chi connectivity index (χ3n) is 7.12. The molecule has 6 heterocycles. The number of pyridine rings is 1. The van der Waals surface area contributed by atoms with Gasteiger partial charge >= 0.3 is 0 Å². The summed E-state index contributed by atoms with van der Waals surface area (Å²) in [7, 11) is 1.88. The van der Waals surface area contributed by atoms with Crippen LogP contribution in [0.2, 0.25) is 0 Å². The molecule has 3 atom stereocenters. The largest absolute Gasteiger partial charge is 0.351 e. The molecule has 4 aromatic heterocycles. The molecule has 0 aromatic carbocycles. The number of carbonyl (C=O) groups is 1. The summed E-state index contributed by atoms with van der Waals surface area (Å²) in [6.45, 7) is 1.95. The van der Waals surface area contributed by atoms with Crippen molar-refractivity contribution in [3.8, 4) is 11.3 Å². The summed E-state index contributed by atoms with van der Waals surface area (Å²) < 4.78 is 1.75. The number of aromatic amines is 1. The number of nitrogens with zero attached hydrogens (tertiary/aromatic N) is 7. The fraction of sp³-hybridized carbons (Fsp3) is 0.385. The molecular formula is C26H30N10O. The van der Waals surface area contributed by atoms with Gasteiger partial charge in [0.05, 0.1) is 11.9 Å². The zero-order chi connectivity index (χ0) is 25.4. The van der Waals surface area contributed by atoms with Crippen LogP contribution < -0.4 is 10.6 Å². The summed E-state index contributed by atoms with van der Waals surface area (Å²) in [6.07, 6.45) is 10.2. The van der Waals surface area contributed by atoms with Crippen LogP contribution in [0.25, 0.3) is 11.3 Å². The Morgan fingerprint density at radius 3 is 2.62 bits per heavy atom. The van der Waals surface area contributed by atoms with Crippen molar-refractivity contribution in [2.75, 3.05) is 10.6 Å². The molecule has 2 aliphatic rings. The lowest BCUT2D eigenvalue weighted by Gasteiger charge is -2.48. The Morgan fingerprint density at radius 1 is 1.11 bits per heavy atom. The van der Waals surface area contributed by atoms with Crippen LogP contribution >= 0.6 is 0 Å². The Kier molecular flexibility index (Phi) is 6.03. The van der Waals surface area contributed by atoms with Gasteiger partial charge in [0.15, 0.2) is 5.82 Å². The second kappa shape index (κ2) is 9.64. The summed E-state index contributed by atoms with van der Waals surface area (Å²) in [5, 5.41) is 18.4. The van der Waals surface area contributed by atoms with Gasteiger partial charge in [0.2, 0.25) is 5.95 Å². The summed E-state index contributed by atoms with van der Waals surface area (Å²) in [6, 6.07) is 9.83. The molecule has 0 aliphatic carbocycles. The van der Waals surface area contributed by atoms with E-state index in [1.807, 2.05) is 44.4 Å². The van der Waals surface area contributed by atoms with Gasteiger partial charge in [-0.1, -0.05) is 6.07 Å². The number of anilines is 3. The highest BCUT2D eigenvalue weighted by Gasteiger charge is 2.41. The van der Waals surface area contributed by atoms with E-state index in [1.54, 1.807) is 23.1 Å². The Labute approximate surface area is 214 Å². The minimum atomic E-state index is 0.0318. The highest BCUT2D eigenvalue weighted by Crippen LogP contribution is 2.36. The topological polar surface area (TPSA) is 130 Å². The first-order valence-electron chi connectivity index (χ1n) is 12.7. The Morgan fingerprint density at radius 2 is 1.95 bits per heavy atom. The fourth-order valence-electron chi connectivity index (χ4n) is 5.53. The molecule has 4 aromatic rings. The Bertz CT molecular complexity index is 1380. The molecule has 0 spiro atoms. The third kappa shape index (κ3) is 4.89. The molecule has 37 heavy (non-hydrogen) atoms. The number of carbonyl (C=O) groups excluding carboxylic acids is 1. The number of hydrogen-bond acceptors (Lipinski definition) is 8. The number of fused-ring (bicyclic) bond motifs is 2. The molecular weight excluding hydrogens is 468 g/mol. The normalized spacial score (nSPS) is 21.0. The summed E-state index contributed by atoms with van der Waals surface area (Å²) in [5.74, 6) is 1.91. The molecule has 3 N–H and O–H groups in total. The number of piperidine rings is 2. The molecule has 11 nitrogen and oxygen atoms in total. The Balaban J connectivity index is 1.24. The number of hydrogen-bond donors (Lipinski definition) is 3. The minimum absolute atomic E-state index is 0.0318. The molecule has 1 amide bonds. The van der Waals surface area contributed by atoms with Gasteiger partial charge in [-0.15, -0.1) is 0 Å². The molecule has 0 saturated carbocycles. The zero-order valence-electron chi connectivity index (χ0n) is 20.9. The van der Waals surface area contributed by atoms with Gasteiger partial charge in [-0.2, -0.15) is 15.2 Å². The standard InChI is InChI=1S/C26H30N10O/c1-16-10-24(34-33-16)31-23-13-22(17-14-28-35(2)15-17)30-26(32-23)29-18-11-19-6-5-7-20(12-18)36(19)25(37)21-8-3-4-9-27-21/h3-4,8-10,13-15,18-20H,5-7,11-12H2,1-2H3,(H3,29,30,31,32,33,34)/t18-,19-,20+. The van der Waals surface area contributed by atoms with E-state index in [-0.39, 0.29) is 24.0 Å². The predicted molar refractivity (Wildman–Crippen MR) is 139 cm³/mol. The number of rotatable bonds is 6. The monoisotopic (exact) mass is 498 g/mol. The average molecular weight is 499 g/mol. The van der Waals surface area contributed by atoms with Gasteiger partial charge in [-0.3, -0.25) is 19.6 Å². The van der Waals surface area contributed by atoms with Crippen LogP contribution in [0.4, 0.5) is 17.6 Å². The maximum atomic E-state index is 13.3. The minimum Gasteiger partial charge on any atom is -0.351 e. The number of aryl methyl sites for hydroxylation is 2. The second-order valence-corrected chi connectivity index (χ2v) is 9.90.